The van der Waals surface area contributed by atoms with Gasteiger partial charge in [0.2, 0.25) is 5.91 Å². The number of fused-ring (bicyclic) bond motifs is 1. The summed E-state index contributed by atoms with van der Waals surface area (Å²) in [5.74, 6) is -3.38. The molecule has 1 amide bonds. The zero-order valence-corrected chi connectivity index (χ0v) is 19.6. The summed E-state index contributed by atoms with van der Waals surface area (Å²) in [6.07, 6.45) is 1.19. The van der Waals surface area contributed by atoms with Crippen molar-refractivity contribution in [3.05, 3.63) is 29.4 Å². The summed E-state index contributed by atoms with van der Waals surface area (Å²) in [6, 6.07) is 5.60. The molecule has 4 atom stereocenters. The first kappa shape index (κ1) is 22.4. The molecule has 34 heavy (non-hydrogen) atoms. The van der Waals surface area contributed by atoms with Gasteiger partial charge in [-0.2, -0.15) is 0 Å². The zero-order chi connectivity index (χ0) is 23.9. The van der Waals surface area contributed by atoms with Gasteiger partial charge in [0.05, 0.1) is 46.9 Å². The van der Waals surface area contributed by atoms with E-state index in [2.05, 4.69) is 20.1 Å². The average molecular weight is 493 g/mol. The first-order chi connectivity index (χ1) is 16.1. The Morgan fingerprint density at radius 2 is 1.97 bits per heavy atom. The van der Waals surface area contributed by atoms with Crippen LogP contribution in [0.3, 0.4) is 0 Å². The number of benzene rings is 1. The average Bonchev–Trinajstić information content (AvgIpc) is 3.62. The molecule has 1 aromatic carbocycles. The van der Waals surface area contributed by atoms with Crippen molar-refractivity contribution in [2.45, 2.75) is 37.3 Å². The molecule has 7 nitrogen and oxygen atoms in total. The molecule has 0 radical (unpaired) electrons. The number of aliphatic hydroxyl groups is 1. The van der Waals surface area contributed by atoms with E-state index in [1.807, 2.05) is 19.1 Å². The Balaban J connectivity index is 1.17. The molecule has 0 unspecified atom stereocenters. The highest BCUT2D eigenvalue weighted by molar-refractivity contribution is 6.34. The van der Waals surface area contributed by atoms with Gasteiger partial charge in [-0.1, -0.05) is 11.6 Å². The van der Waals surface area contributed by atoms with Crippen LogP contribution >= 0.6 is 11.6 Å². The number of anilines is 2. The second-order valence-electron chi connectivity index (χ2n) is 10.4. The van der Waals surface area contributed by atoms with E-state index >= 15 is 0 Å². The molecule has 4 fully saturated rings. The molecule has 2 aromatic rings. The lowest BCUT2D eigenvalue weighted by molar-refractivity contribution is -0.118. The van der Waals surface area contributed by atoms with Gasteiger partial charge in [-0.25, -0.2) is 13.8 Å². The number of nitrogens with one attached hydrogen (secondary N) is 1. The van der Waals surface area contributed by atoms with Crippen molar-refractivity contribution in [3.8, 4) is 0 Å². The van der Waals surface area contributed by atoms with Crippen LogP contribution < -0.4 is 10.2 Å². The maximum atomic E-state index is 13.5. The number of amides is 1. The number of pyridine rings is 1. The molecule has 2 aliphatic carbocycles. The van der Waals surface area contributed by atoms with E-state index in [9.17, 15) is 18.7 Å². The smallest absolute Gasteiger partial charge is 0.255 e. The number of alkyl halides is 2. The van der Waals surface area contributed by atoms with Crippen molar-refractivity contribution in [2.75, 3.05) is 49.6 Å². The lowest BCUT2D eigenvalue weighted by atomic mass is 9.95. The summed E-state index contributed by atoms with van der Waals surface area (Å²) < 4.78 is 32.5. The minimum absolute atomic E-state index is 0.191. The Kier molecular flexibility index (Phi) is 4.92. The van der Waals surface area contributed by atoms with Crippen LogP contribution in [-0.4, -0.2) is 77.9 Å². The lowest BCUT2D eigenvalue weighted by Gasteiger charge is -2.45. The third-order valence-electron chi connectivity index (χ3n) is 8.30. The van der Waals surface area contributed by atoms with Gasteiger partial charge in [0.15, 0.2) is 0 Å². The van der Waals surface area contributed by atoms with E-state index in [4.69, 9.17) is 16.3 Å². The van der Waals surface area contributed by atoms with Gasteiger partial charge < -0.3 is 20.1 Å². The molecule has 2 saturated carbocycles. The van der Waals surface area contributed by atoms with Crippen LogP contribution in [0.15, 0.2) is 24.4 Å². The van der Waals surface area contributed by atoms with Gasteiger partial charge in [-0.05, 0) is 36.9 Å². The summed E-state index contributed by atoms with van der Waals surface area (Å²) in [6.45, 7) is 5.98. The van der Waals surface area contributed by atoms with Crippen molar-refractivity contribution in [1.29, 1.82) is 0 Å². The monoisotopic (exact) mass is 492 g/mol. The highest BCUT2D eigenvalue weighted by atomic mass is 35.5. The SMILES string of the molecule is C[C@@]1(N2CCN(c3cc4cc(NC(=O)[C@@H]5C[C@@]56CC6(F)F)ncc4cc3Cl)CC2)COC[C@@H]1O. The number of piperazine rings is 1. The molecular formula is C24H27ClF2N4O3. The fraction of sp³-hybridized carbons (Fsp3) is 0.583. The quantitative estimate of drug-likeness (QED) is 0.683. The molecule has 10 heteroatoms. The second-order valence-corrected chi connectivity index (χ2v) is 10.8. The van der Waals surface area contributed by atoms with Gasteiger partial charge >= 0.3 is 0 Å². The van der Waals surface area contributed by atoms with Crippen LogP contribution in [0.1, 0.15) is 19.8 Å². The van der Waals surface area contributed by atoms with Gasteiger partial charge in [0, 0.05) is 44.2 Å². The van der Waals surface area contributed by atoms with Crippen LogP contribution in [0.2, 0.25) is 5.02 Å². The summed E-state index contributed by atoms with van der Waals surface area (Å²) in [5, 5.41) is 15.4. The van der Waals surface area contributed by atoms with Crippen LogP contribution in [0.4, 0.5) is 20.3 Å². The Hall–Kier alpha value is -2.07. The van der Waals surface area contributed by atoms with Crippen molar-refractivity contribution >= 4 is 39.8 Å². The Morgan fingerprint density at radius 3 is 2.59 bits per heavy atom. The van der Waals surface area contributed by atoms with Gasteiger partial charge in [-0.15, -0.1) is 0 Å². The molecule has 6 rings (SSSR count). The zero-order valence-electron chi connectivity index (χ0n) is 18.9. The number of halogens is 3. The molecular weight excluding hydrogens is 466 g/mol. The normalized spacial score (nSPS) is 34.6. The lowest BCUT2D eigenvalue weighted by Crippen LogP contribution is -2.60. The Bertz CT molecular complexity index is 1170. The van der Waals surface area contributed by atoms with E-state index in [1.165, 1.54) is 0 Å². The Morgan fingerprint density at radius 1 is 1.24 bits per heavy atom. The fourth-order valence-electron chi connectivity index (χ4n) is 5.69. The van der Waals surface area contributed by atoms with Crippen molar-refractivity contribution in [3.63, 3.8) is 0 Å². The number of aromatic nitrogens is 1. The topological polar surface area (TPSA) is 77.9 Å². The number of hydrogen-bond acceptors (Lipinski definition) is 6. The van der Waals surface area contributed by atoms with Gasteiger partial charge in [-0.3, -0.25) is 9.69 Å². The maximum Gasteiger partial charge on any atom is 0.255 e. The largest absolute Gasteiger partial charge is 0.389 e. The third kappa shape index (κ3) is 3.39. The minimum Gasteiger partial charge on any atom is -0.389 e. The molecule has 3 heterocycles. The molecule has 1 aromatic heterocycles. The number of rotatable bonds is 4. The first-order valence-corrected chi connectivity index (χ1v) is 12.0. The number of carbonyl (C=O) groups is 1. The highest BCUT2D eigenvalue weighted by Gasteiger charge is 2.85. The summed E-state index contributed by atoms with van der Waals surface area (Å²) in [7, 11) is 0. The number of hydrogen-bond donors (Lipinski definition) is 2. The third-order valence-corrected chi connectivity index (χ3v) is 8.60. The first-order valence-electron chi connectivity index (χ1n) is 11.7. The van der Waals surface area contributed by atoms with Crippen molar-refractivity contribution in [2.24, 2.45) is 11.3 Å². The van der Waals surface area contributed by atoms with E-state index < -0.39 is 23.4 Å². The number of nitrogens with zero attached hydrogens (tertiary/aromatic N) is 3. The predicted molar refractivity (Wildman–Crippen MR) is 125 cm³/mol. The molecule has 2 saturated heterocycles. The van der Waals surface area contributed by atoms with Crippen LogP contribution in [0.25, 0.3) is 10.8 Å². The van der Waals surface area contributed by atoms with Gasteiger partial charge in [0.25, 0.3) is 5.92 Å². The molecule has 2 N–H and O–H groups in total. The van der Waals surface area contributed by atoms with Crippen LogP contribution in [0.5, 0.6) is 0 Å². The number of aliphatic hydroxyl groups excluding tert-OH is 1. The molecule has 0 bridgehead atoms. The fourth-order valence-corrected chi connectivity index (χ4v) is 5.98. The molecule has 182 valence electrons. The van der Waals surface area contributed by atoms with E-state index in [0.717, 1.165) is 42.6 Å². The van der Waals surface area contributed by atoms with Crippen LogP contribution in [-0.2, 0) is 9.53 Å². The standard InChI is InChI=1S/C24H27ClF2N4O3/c1-22(13-34-11-19(22)32)31-4-2-30(3-5-31)18-7-14-8-20(28-10-15(14)6-17(18)25)29-21(33)16-9-23(16)12-24(23,26)27/h6-8,10,16,19,32H,2-5,9,11-13H2,1H3,(H,28,29,33)/t16-,19-,22+,23+/m0/s1. The molecule has 4 aliphatic rings. The van der Waals surface area contributed by atoms with Crippen LogP contribution in [0, 0.1) is 11.3 Å². The van der Waals surface area contributed by atoms with Crippen molar-refractivity contribution in [1.82, 2.24) is 9.88 Å². The minimum atomic E-state index is -2.71. The summed E-state index contributed by atoms with van der Waals surface area (Å²) in [4.78, 5) is 21.2. The molecule has 1 spiro atoms. The Labute approximate surface area is 201 Å². The number of carbonyl (C=O) groups excluding carboxylic acids is 1. The number of ether oxygens (including phenoxy) is 1. The van der Waals surface area contributed by atoms with Crippen molar-refractivity contribution < 1.29 is 23.4 Å². The second kappa shape index (κ2) is 7.46. The highest BCUT2D eigenvalue weighted by Crippen LogP contribution is 2.79. The summed E-state index contributed by atoms with van der Waals surface area (Å²) in [5.41, 5.74) is -0.582. The van der Waals surface area contributed by atoms with E-state index in [0.29, 0.717) is 24.1 Å². The summed E-state index contributed by atoms with van der Waals surface area (Å²) >= 11 is 6.61. The van der Waals surface area contributed by atoms with E-state index in [-0.39, 0.29) is 24.3 Å². The van der Waals surface area contributed by atoms with Gasteiger partial charge in [0.1, 0.15) is 5.82 Å². The maximum absolute atomic E-state index is 13.5. The molecule has 2 aliphatic heterocycles. The predicted octanol–water partition coefficient (Wildman–Crippen LogP) is 3.14. The van der Waals surface area contributed by atoms with E-state index in [1.54, 1.807) is 12.3 Å².